The van der Waals surface area contributed by atoms with Gasteiger partial charge in [0.25, 0.3) is 0 Å². The van der Waals surface area contributed by atoms with Crippen molar-refractivity contribution in [2.24, 2.45) is 17.8 Å². The number of methoxy groups -OCH3 is 1. The lowest BCUT2D eigenvalue weighted by Gasteiger charge is -2.27. The molecule has 198 valence electrons. The lowest BCUT2D eigenvalue weighted by molar-refractivity contribution is -0.142. The molecule has 1 fully saturated rings. The Bertz CT molecular complexity index is 1190. The lowest BCUT2D eigenvalue weighted by Crippen LogP contribution is -2.38. The van der Waals surface area contributed by atoms with Gasteiger partial charge in [0.2, 0.25) is 5.95 Å². The number of benzene rings is 1. The van der Waals surface area contributed by atoms with Crippen LogP contribution in [0.4, 0.5) is 30.6 Å². The number of hydrogen-bond acceptors (Lipinski definition) is 7. The molecule has 8 nitrogen and oxygen atoms in total. The van der Waals surface area contributed by atoms with Crippen LogP contribution in [-0.4, -0.2) is 65.3 Å². The molecule has 5 rings (SSSR count). The van der Waals surface area contributed by atoms with Crippen LogP contribution >= 0.6 is 0 Å². The van der Waals surface area contributed by atoms with E-state index < -0.39 is 35.5 Å². The van der Waals surface area contributed by atoms with Crippen molar-refractivity contribution in [1.29, 1.82) is 0 Å². The molecule has 1 saturated carbocycles. The predicted molar refractivity (Wildman–Crippen MR) is 132 cm³/mol. The van der Waals surface area contributed by atoms with Crippen LogP contribution < -0.4 is 10.6 Å². The molecule has 2 aromatic rings. The van der Waals surface area contributed by atoms with Crippen LogP contribution in [-0.2, 0) is 28.5 Å². The third-order valence-electron chi connectivity index (χ3n) is 7.61. The molecule has 37 heavy (non-hydrogen) atoms. The fourth-order valence-electron chi connectivity index (χ4n) is 5.70. The molecule has 3 aliphatic rings. The fraction of sp³-hybridized carbons (Fsp3) is 0.500. The first kappa shape index (κ1) is 25.5. The van der Waals surface area contributed by atoms with Gasteiger partial charge < -0.3 is 25.4 Å². The topological polar surface area (TPSA) is 99.6 Å². The van der Waals surface area contributed by atoms with E-state index in [-0.39, 0.29) is 17.8 Å². The molecule has 3 N–H and O–H groups in total. The Hall–Kier alpha value is -3.18. The predicted octanol–water partition coefficient (Wildman–Crippen LogP) is 3.97. The smallest absolute Gasteiger partial charge is 0.421 e. The number of aliphatic carboxylic acids is 1. The number of rotatable bonds is 8. The highest BCUT2D eigenvalue weighted by Gasteiger charge is 2.49. The highest BCUT2D eigenvalue weighted by atomic mass is 19.4. The Kier molecular flexibility index (Phi) is 7.09. The van der Waals surface area contributed by atoms with Crippen LogP contribution in [0.3, 0.4) is 0 Å². The van der Waals surface area contributed by atoms with Gasteiger partial charge >= 0.3 is 12.1 Å². The molecule has 4 atom stereocenters. The molecule has 0 amide bonds. The van der Waals surface area contributed by atoms with Gasteiger partial charge in [-0.25, -0.2) is 4.98 Å². The average Bonchev–Trinajstić information content (AvgIpc) is 3.39. The molecule has 11 heteroatoms. The summed E-state index contributed by atoms with van der Waals surface area (Å²) in [5.41, 5.74) is 2.08. The number of nitrogens with zero attached hydrogens (tertiary/aromatic N) is 3. The molecule has 1 aromatic heterocycles. The number of fused-ring (bicyclic) bond motifs is 3. The van der Waals surface area contributed by atoms with Gasteiger partial charge in [-0.3, -0.25) is 4.79 Å². The monoisotopic (exact) mass is 517 g/mol. The van der Waals surface area contributed by atoms with Gasteiger partial charge in [0.05, 0.1) is 12.5 Å². The maximum atomic E-state index is 13.8. The minimum Gasteiger partial charge on any atom is -0.481 e. The maximum Gasteiger partial charge on any atom is 0.421 e. The summed E-state index contributed by atoms with van der Waals surface area (Å²) in [6.07, 6.45) is 2.13. The molecule has 2 bridgehead atoms. The number of hydrogen-bond donors (Lipinski definition) is 3. The van der Waals surface area contributed by atoms with Crippen LogP contribution in [0.5, 0.6) is 0 Å². The van der Waals surface area contributed by atoms with Crippen LogP contribution in [0.25, 0.3) is 0 Å². The normalized spacial score (nSPS) is 25.1. The Balaban J connectivity index is 1.36. The van der Waals surface area contributed by atoms with Crippen molar-refractivity contribution < 1.29 is 27.8 Å². The third-order valence-corrected chi connectivity index (χ3v) is 7.61. The largest absolute Gasteiger partial charge is 0.481 e. The van der Waals surface area contributed by atoms with Crippen LogP contribution in [0.15, 0.2) is 36.5 Å². The van der Waals surface area contributed by atoms with Crippen LogP contribution in [0, 0.1) is 17.8 Å². The number of aromatic nitrogens is 2. The van der Waals surface area contributed by atoms with E-state index in [1.807, 2.05) is 30.4 Å². The van der Waals surface area contributed by atoms with Crippen LogP contribution in [0.2, 0.25) is 0 Å². The summed E-state index contributed by atoms with van der Waals surface area (Å²) < 4.78 is 46.5. The minimum atomic E-state index is -4.69. The first-order valence-electron chi connectivity index (χ1n) is 12.4. The molecule has 2 heterocycles. The molecule has 0 spiro atoms. The zero-order valence-corrected chi connectivity index (χ0v) is 20.5. The number of halogens is 3. The van der Waals surface area contributed by atoms with E-state index >= 15 is 0 Å². The van der Waals surface area contributed by atoms with Gasteiger partial charge in [-0.2, -0.15) is 18.2 Å². The highest BCUT2D eigenvalue weighted by molar-refractivity contribution is 5.74. The summed E-state index contributed by atoms with van der Waals surface area (Å²) >= 11 is 0. The number of alkyl halides is 3. The van der Waals surface area contributed by atoms with E-state index in [0.717, 1.165) is 38.7 Å². The third kappa shape index (κ3) is 5.42. The molecule has 0 unspecified atom stereocenters. The number of carboxylic acid groups (broad SMARTS) is 1. The van der Waals surface area contributed by atoms with E-state index in [9.17, 15) is 23.1 Å². The first-order chi connectivity index (χ1) is 17.7. The molecule has 0 radical (unpaired) electrons. The number of carboxylic acids is 1. The summed E-state index contributed by atoms with van der Waals surface area (Å²) in [5.74, 6) is -2.59. The Labute approximate surface area is 212 Å². The van der Waals surface area contributed by atoms with Gasteiger partial charge in [0.15, 0.2) is 0 Å². The van der Waals surface area contributed by atoms with Gasteiger partial charge in [0, 0.05) is 44.7 Å². The van der Waals surface area contributed by atoms with Gasteiger partial charge in [-0.1, -0.05) is 18.2 Å². The first-order valence-corrected chi connectivity index (χ1v) is 12.4. The average molecular weight is 518 g/mol. The van der Waals surface area contributed by atoms with Crippen LogP contribution in [0.1, 0.15) is 23.1 Å². The highest BCUT2D eigenvalue weighted by Crippen LogP contribution is 2.46. The van der Waals surface area contributed by atoms with Crippen molar-refractivity contribution in [3.8, 4) is 0 Å². The lowest BCUT2D eigenvalue weighted by atomic mass is 9.89. The summed E-state index contributed by atoms with van der Waals surface area (Å²) in [6, 6.07) is 5.22. The standard InChI is InChI=1S/C26H30F3N5O3/c1-37-11-10-34-8-6-15-4-5-19(13-16(15)7-9-34)31-25-30-14-20(26(27,28)29)23(33-25)32-22-18-3-2-17(12-18)21(22)24(35)36/h2-5,13-14,17-18,21-22H,6-12H2,1H3,(H,35,36)(H2,30,31,32,33)/t17-,18+,21+,22-/m1/s1. The van der Waals surface area contributed by atoms with Gasteiger partial charge in [-0.15, -0.1) is 0 Å². The second-order valence-corrected chi connectivity index (χ2v) is 9.88. The van der Waals surface area contributed by atoms with Crippen molar-refractivity contribution in [3.63, 3.8) is 0 Å². The molecule has 1 aromatic carbocycles. The van der Waals surface area contributed by atoms with Gasteiger partial charge in [0.1, 0.15) is 11.4 Å². The van der Waals surface area contributed by atoms with Gasteiger partial charge in [-0.05, 0) is 54.4 Å². The van der Waals surface area contributed by atoms with E-state index in [1.54, 1.807) is 7.11 Å². The fourth-order valence-corrected chi connectivity index (χ4v) is 5.70. The summed E-state index contributed by atoms with van der Waals surface area (Å²) in [6.45, 7) is 3.38. The number of ether oxygens (including phenoxy) is 1. The quantitative estimate of drug-likeness (QED) is 0.453. The molecule has 1 aliphatic heterocycles. The molecule has 2 aliphatic carbocycles. The molecular formula is C26H30F3N5O3. The zero-order valence-electron chi connectivity index (χ0n) is 20.5. The Morgan fingerprint density at radius 1 is 1.19 bits per heavy atom. The second kappa shape index (κ2) is 10.3. The molecule has 0 saturated heterocycles. The summed E-state index contributed by atoms with van der Waals surface area (Å²) in [5, 5.41) is 15.6. The Morgan fingerprint density at radius 3 is 2.68 bits per heavy atom. The van der Waals surface area contributed by atoms with Crippen molar-refractivity contribution in [2.45, 2.75) is 31.5 Å². The SMILES string of the molecule is COCCN1CCc2ccc(Nc3ncc(C(F)(F)F)c(N[C@H]4[C@@H](C(=O)O)[C@@H]5C=C[C@H]4C5)n3)cc2CC1. The summed E-state index contributed by atoms with van der Waals surface area (Å²) in [4.78, 5) is 22.3. The van der Waals surface area contributed by atoms with E-state index in [1.165, 1.54) is 11.1 Å². The number of nitrogens with one attached hydrogen (secondary N) is 2. The van der Waals surface area contributed by atoms with Crippen molar-refractivity contribution in [1.82, 2.24) is 14.9 Å². The number of anilines is 3. The van der Waals surface area contributed by atoms with E-state index in [0.29, 0.717) is 18.7 Å². The van der Waals surface area contributed by atoms with E-state index in [2.05, 4.69) is 25.5 Å². The molecular weight excluding hydrogens is 487 g/mol. The number of allylic oxidation sites excluding steroid dienone is 1. The van der Waals surface area contributed by atoms with Crippen molar-refractivity contribution >= 4 is 23.4 Å². The van der Waals surface area contributed by atoms with E-state index in [4.69, 9.17) is 4.74 Å². The minimum absolute atomic E-state index is 0.0105. The second-order valence-electron chi connectivity index (χ2n) is 9.88. The Morgan fingerprint density at radius 2 is 1.95 bits per heavy atom. The maximum absolute atomic E-state index is 13.8. The van der Waals surface area contributed by atoms with Crippen molar-refractivity contribution in [3.05, 3.63) is 53.2 Å². The van der Waals surface area contributed by atoms with Crippen molar-refractivity contribution in [2.75, 3.05) is 44.0 Å². The zero-order chi connectivity index (χ0) is 26.2. The summed E-state index contributed by atoms with van der Waals surface area (Å²) in [7, 11) is 1.69. The number of carbonyl (C=O) groups is 1.